The van der Waals surface area contributed by atoms with Crippen molar-refractivity contribution in [3.05, 3.63) is 53.3 Å². The van der Waals surface area contributed by atoms with Crippen LogP contribution in [0.5, 0.6) is 0 Å². The van der Waals surface area contributed by atoms with Crippen molar-refractivity contribution in [3.63, 3.8) is 0 Å². The molecule has 0 heterocycles. The molecule has 0 fully saturated rings. The van der Waals surface area contributed by atoms with Gasteiger partial charge in [0.05, 0.1) is 5.56 Å². The standard InChI is InChI=1S/C13H7F6N/c14-9-3-6(4-10(15)12(9)16)8-2-1-7(5-11(8)20)13(17,18)19/h1-5H,20H2. The lowest BCUT2D eigenvalue weighted by Gasteiger charge is -2.11. The molecule has 2 aromatic rings. The minimum Gasteiger partial charge on any atom is -0.398 e. The van der Waals surface area contributed by atoms with E-state index in [1.807, 2.05) is 0 Å². The van der Waals surface area contributed by atoms with E-state index in [9.17, 15) is 26.3 Å². The second kappa shape index (κ2) is 4.73. The maximum absolute atomic E-state index is 13.1. The molecule has 0 bridgehead atoms. The molecule has 0 radical (unpaired) electrons. The molecule has 0 aliphatic carbocycles. The quantitative estimate of drug-likeness (QED) is 0.471. The van der Waals surface area contributed by atoms with E-state index in [2.05, 4.69) is 0 Å². The van der Waals surface area contributed by atoms with Crippen molar-refractivity contribution in [2.75, 3.05) is 5.73 Å². The second-order valence-electron chi connectivity index (χ2n) is 4.05. The van der Waals surface area contributed by atoms with Crippen LogP contribution in [0.25, 0.3) is 11.1 Å². The number of alkyl halides is 3. The van der Waals surface area contributed by atoms with Gasteiger partial charge in [-0.2, -0.15) is 13.2 Å². The zero-order valence-corrected chi connectivity index (χ0v) is 9.73. The molecular weight excluding hydrogens is 284 g/mol. The van der Waals surface area contributed by atoms with Gasteiger partial charge in [0.25, 0.3) is 0 Å². The van der Waals surface area contributed by atoms with E-state index in [4.69, 9.17) is 5.73 Å². The van der Waals surface area contributed by atoms with Crippen molar-refractivity contribution in [1.29, 1.82) is 0 Å². The number of hydrogen-bond acceptors (Lipinski definition) is 1. The van der Waals surface area contributed by atoms with Crippen LogP contribution >= 0.6 is 0 Å². The van der Waals surface area contributed by atoms with E-state index >= 15 is 0 Å². The molecule has 1 nitrogen and oxygen atoms in total. The summed E-state index contributed by atoms with van der Waals surface area (Å²) < 4.78 is 76.4. The predicted octanol–water partition coefficient (Wildman–Crippen LogP) is 4.37. The van der Waals surface area contributed by atoms with Gasteiger partial charge in [0.2, 0.25) is 0 Å². The fraction of sp³-hybridized carbons (Fsp3) is 0.0769. The smallest absolute Gasteiger partial charge is 0.398 e. The van der Waals surface area contributed by atoms with Crippen LogP contribution in [0, 0.1) is 17.5 Å². The number of benzene rings is 2. The van der Waals surface area contributed by atoms with Gasteiger partial charge in [-0.25, -0.2) is 13.2 Å². The Morgan fingerprint density at radius 2 is 1.40 bits per heavy atom. The van der Waals surface area contributed by atoms with Gasteiger partial charge in [0, 0.05) is 11.3 Å². The monoisotopic (exact) mass is 291 g/mol. The first-order chi connectivity index (χ1) is 9.20. The lowest BCUT2D eigenvalue weighted by Crippen LogP contribution is -2.06. The van der Waals surface area contributed by atoms with Crippen LogP contribution in [-0.4, -0.2) is 0 Å². The number of hydrogen-bond donors (Lipinski definition) is 1. The van der Waals surface area contributed by atoms with Crippen molar-refractivity contribution < 1.29 is 26.3 Å². The first-order valence-corrected chi connectivity index (χ1v) is 5.32. The van der Waals surface area contributed by atoms with Gasteiger partial charge in [-0.15, -0.1) is 0 Å². The van der Waals surface area contributed by atoms with Crippen molar-refractivity contribution in [2.45, 2.75) is 6.18 Å². The second-order valence-corrected chi connectivity index (χ2v) is 4.05. The molecule has 7 heteroatoms. The highest BCUT2D eigenvalue weighted by Crippen LogP contribution is 2.35. The third-order valence-electron chi connectivity index (χ3n) is 2.67. The number of nitrogen functional groups attached to an aromatic ring is 1. The van der Waals surface area contributed by atoms with Gasteiger partial charge in [0.15, 0.2) is 17.5 Å². The number of halogens is 6. The van der Waals surface area contributed by atoms with Crippen LogP contribution in [0.2, 0.25) is 0 Å². The summed E-state index contributed by atoms with van der Waals surface area (Å²) in [5.41, 5.74) is 3.99. The Kier molecular flexibility index (Phi) is 3.37. The molecule has 0 aromatic heterocycles. The van der Waals surface area contributed by atoms with E-state index in [0.29, 0.717) is 18.2 Å². The molecule has 2 aromatic carbocycles. The topological polar surface area (TPSA) is 26.0 Å². The minimum absolute atomic E-state index is 0.0178. The van der Waals surface area contributed by atoms with E-state index in [-0.39, 0.29) is 16.8 Å². The summed E-state index contributed by atoms with van der Waals surface area (Å²) in [5.74, 6) is -4.54. The SMILES string of the molecule is Nc1cc(C(F)(F)F)ccc1-c1cc(F)c(F)c(F)c1. The van der Waals surface area contributed by atoms with Crippen LogP contribution < -0.4 is 5.73 Å². The van der Waals surface area contributed by atoms with Crippen molar-refractivity contribution >= 4 is 5.69 Å². The van der Waals surface area contributed by atoms with Crippen molar-refractivity contribution in [1.82, 2.24) is 0 Å². The Hall–Kier alpha value is -2.18. The zero-order valence-electron chi connectivity index (χ0n) is 9.73. The number of anilines is 1. The third-order valence-corrected chi connectivity index (χ3v) is 2.67. The first kappa shape index (κ1) is 14.2. The van der Waals surface area contributed by atoms with Gasteiger partial charge < -0.3 is 5.73 Å². The van der Waals surface area contributed by atoms with Gasteiger partial charge in [-0.1, -0.05) is 6.07 Å². The molecule has 0 saturated heterocycles. The molecule has 20 heavy (non-hydrogen) atoms. The van der Waals surface area contributed by atoms with Crippen molar-refractivity contribution in [2.24, 2.45) is 0 Å². The molecule has 0 aliphatic heterocycles. The van der Waals surface area contributed by atoms with Crippen LogP contribution in [0.3, 0.4) is 0 Å². The summed E-state index contributed by atoms with van der Waals surface area (Å²) in [5, 5.41) is 0. The van der Waals surface area contributed by atoms with E-state index in [1.165, 1.54) is 0 Å². The molecule has 0 unspecified atom stereocenters. The molecular formula is C13H7F6N. The van der Waals surface area contributed by atoms with E-state index < -0.39 is 29.2 Å². The maximum atomic E-state index is 13.1. The average Bonchev–Trinajstić information content (AvgIpc) is 2.34. The Morgan fingerprint density at radius 1 is 0.850 bits per heavy atom. The Bertz CT molecular complexity index is 639. The summed E-state index contributed by atoms with van der Waals surface area (Å²) in [6.07, 6.45) is -4.58. The van der Waals surface area contributed by atoms with Crippen LogP contribution in [0.15, 0.2) is 30.3 Å². The largest absolute Gasteiger partial charge is 0.416 e. The third kappa shape index (κ3) is 2.56. The maximum Gasteiger partial charge on any atom is 0.416 e. The summed E-state index contributed by atoms with van der Waals surface area (Å²) in [6, 6.07) is 3.68. The summed E-state index contributed by atoms with van der Waals surface area (Å²) in [7, 11) is 0. The van der Waals surface area contributed by atoms with Crippen molar-refractivity contribution in [3.8, 4) is 11.1 Å². The lowest BCUT2D eigenvalue weighted by molar-refractivity contribution is -0.137. The van der Waals surface area contributed by atoms with Crippen LogP contribution in [-0.2, 0) is 6.18 Å². The van der Waals surface area contributed by atoms with Gasteiger partial charge in [-0.05, 0) is 29.8 Å². The Balaban J connectivity index is 2.54. The molecule has 0 atom stereocenters. The van der Waals surface area contributed by atoms with E-state index in [1.54, 1.807) is 0 Å². The molecule has 0 amide bonds. The minimum atomic E-state index is -4.58. The fourth-order valence-corrected chi connectivity index (χ4v) is 1.71. The van der Waals surface area contributed by atoms with Crippen LogP contribution in [0.4, 0.5) is 32.0 Å². The highest BCUT2D eigenvalue weighted by molar-refractivity contribution is 5.77. The summed E-state index contributed by atoms with van der Waals surface area (Å²) in [4.78, 5) is 0. The Labute approximate surface area is 109 Å². The predicted molar refractivity (Wildman–Crippen MR) is 61.2 cm³/mol. The van der Waals surface area contributed by atoms with E-state index in [0.717, 1.165) is 12.1 Å². The van der Waals surface area contributed by atoms with Gasteiger partial charge in [-0.3, -0.25) is 0 Å². The highest BCUT2D eigenvalue weighted by Gasteiger charge is 2.30. The molecule has 2 rings (SSSR count). The zero-order chi connectivity index (χ0) is 15.1. The first-order valence-electron chi connectivity index (χ1n) is 5.32. The van der Waals surface area contributed by atoms with Gasteiger partial charge in [0.1, 0.15) is 0 Å². The molecule has 0 saturated carbocycles. The highest BCUT2D eigenvalue weighted by atomic mass is 19.4. The molecule has 0 aliphatic rings. The lowest BCUT2D eigenvalue weighted by atomic mass is 10.0. The van der Waals surface area contributed by atoms with Crippen LogP contribution in [0.1, 0.15) is 5.56 Å². The Morgan fingerprint density at radius 3 is 1.85 bits per heavy atom. The van der Waals surface area contributed by atoms with Gasteiger partial charge >= 0.3 is 6.18 Å². The summed E-state index contributed by atoms with van der Waals surface area (Å²) in [6.45, 7) is 0. The average molecular weight is 291 g/mol. The molecule has 2 N–H and O–H groups in total. The summed E-state index contributed by atoms with van der Waals surface area (Å²) >= 11 is 0. The number of nitrogens with two attached hydrogens (primary N) is 1. The normalized spacial score (nSPS) is 11.7. The number of rotatable bonds is 1. The molecule has 106 valence electrons. The molecule has 0 spiro atoms. The fourth-order valence-electron chi connectivity index (χ4n) is 1.71.